The van der Waals surface area contributed by atoms with Gasteiger partial charge in [0.1, 0.15) is 12.4 Å². The van der Waals surface area contributed by atoms with E-state index in [1.54, 1.807) is 12.1 Å². The molecule has 0 bridgehead atoms. The molecule has 0 atom stereocenters. The van der Waals surface area contributed by atoms with Crippen molar-refractivity contribution in [3.63, 3.8) is 0 Å². The third-order valence-electron chi connectivity index (χ3n) is 4.35. The Bertz CT molecular complexity index is 741. The van der Waals surface area contributed by atoms with Crippen molar-refractivity contribution in [1.29, 1.82) is 0 Å². The zero-order valence-corrected chi connectivity index (χ0v) is 14.3. The average molecular weight is 355 g/mol. The Morgan fingerprint density at radius 2 is 1.88 bits per heavy atom. The van der Waals surface area contributed by atoms with Gasteiger partial charge in [0.25, 0.3) is 0 Å². The third-order valence-corrected chi connectivity index (χ3v) is 4.35. The Labute approximate surface area is 151 Å². The summed E-state index contributed by atoms with van der Waals surface area (Å²) in [4.78, 5) is 29.1. The predicted octanol–water partition coefficient (Wildman–Crippen LogP) is 2.68. The largest absolute Gasteiger partial charge is 0.478 e. The van der Waals surface area contributed by atoms with Gasteiger partial charge in [0, 0.05) is 25.3 Å². The summed E-state index contributed by atoms with van der Waals surface area (Å²) in [7, 11) is 0. The number of hydrogen-bond acceptors (Lipinski definition) is 5. The number of nitrogens with zero attached hydrogens (tertiary/aromatic N) is 2. The predicted molar refractivity (Wildman–Crippen MR) is 96.2 cm³/mol. The molecule has 1 aliphatic rings. The summed E-state index contributed by atoms with van der Waals surface area (Å²) in [5, 5.41) is 11.8. The number of alkyl carbamates (subject to hydrolysis) is 1. The van der Waals surface area contributed by atoms with E-state index >= 15 is 0 Å². The second kappa shape index (κ2) is 8.33. The number of carbonyl (C=O) groups is 2. The van der Waals surface area contributed by atoms with Crippen LogP contribution in [0.5, 0.6) is 0 Å². The normalized spacial score (nSPS) is 14.7. The number of aromatic nitrogens is 1. The highest BCUT2D eigenvalue weighted by Gasteiger charge is 2.22. The highest BCUT2D eigenvalue weighted by Crippen LogP contribution is 2.18. The fourth-order valence-electron chi connectivity index (χ4n) is 2.88. The maximum Gasteiger partial charge on any atom is 0.407 e. The van der Waals surface area contributed by atoms with Gasteiger partial charge < -0.3 is 20.1 Å². The van der Waals surface area contributed by atoms with Gasteiger partial charge in [-0.05, 0) is 30.5 Å². The number of hydrogen-bond donors (Lipinski definition) is 2. The van der Waals surface area contributed by atoms with Gasteiger partial charge in [-0.3, -0.25) is 0 Å². The van der Waals surface area contributed by atoms with Crippen LogP contribution in [0, 0.1) is 0 Å². The van der Waals surface area contributed by atoms with Crippen LogP contribution in [0.3, 0.4) is 0 Å². The van der Waals surface area contributed by atoms with Gasteiger partial charge in [0.2, 0.25) is 0 Å². The molecule has 2 N–H and O–H groups in total. The first kappa shape index (κ1) is 17.7. The summed E-state index contributed by atoms with van der Waals surface area (Å²) in [6, 6.07) is 12.9. The molecule has 1 saturated heterocycles. The first-order valence-electron chi connectivity index (χ1n) is 8.53. The third kappa shape index (κ3) is 4.72. The van der Waals surface area contributed by atoms with Crippen LogP contribution in [-0.4, -0.2) is 41.3 Å². The minimum atomic E-state index is -0.985. The molecule has 1 aromatic carbocycles. The fraction of sp³-hybridized carbons (Fsp3) is 0.316. The zero-order valence-electron chi connectivity index (χ0n) is 14.3. The monoisotopic (exact) mass is 355 g/mol. The van der Waals surface area contributed by atoms with Gasteiger partial charge in [-0.2, -0.15) is 0 Å². The van der Waals surface area contributed by atoms with E-state index in [9.17, 15) is 9.59 Å². The minimum absolute atomic E-state index is 0.0628. The Balaban J connectivity index is 1.43. The average Bonchev–Trinajstić information content (AvgIpc) is 2.68. The van der Waals surface area contributed by atoms with Crippen molar-refractivity contribution in [3.05, 3.63) is 59.8 Å². The minimum Gasteiger partial charge on any atom is -0.478 e. The van der Waals surface area contributed by atoms with Gasteiger partial charge in [0.05, 0.1) is 5.56 Å². The van der Waals surface area contributed by atoms with Gasteiger partial charge in [-0.15, -0.1) is 0 Å². The van der Waals surface area contributed by atoms with Crippen molar-refractivity contribution in [2.45, 2.75) is 25.5 Å². The van der Waals surface area contributed by atoms with Crippen LogP contribution in [0.2, 0.25) is 0 Å². The number of aromatic carboxylic acids is 1. The molecule has 2 aromatic rings. The second-order valence-electron chi connectivity index (χ2n) is 6.18. The highest BCUT2D eigenvalue weighted by molar-refractivity contribution is 5.87. The molecule has 1 fully saturated rings. The smallest absolute Gasteiger partial charge is 0.407 e. The first-order valence-corrected chi connectivity index (χ1v) is 8.53. The van der Waals surface area contributed by atoms with Crippen LogP contribution in [0.25, 0.3) is 0 Å². The molecule has 7 nitrogen and oxygen atoms in total. The summed E-state index contributed by atoms with van der Waals surface area (Å²) in [5.41, 5.74) is 1.12. The maximum atomic E-state index is 11.9. The van der Waals surface area contributed by atoms with E-state index in [0.29, 0.717) is 0 Å². The van der Waals surface area contributed by atoms with Gasteiger partial charge >= 0.3 is 12.1 Å². The van der Waals surface area contributed by atoms with Crippen LogP contribution in [0.4, 0.5) is 10.6 Å². The van der Waals surface area contributed by atoms with Crippen molar-refractivity contribution in [1.82, 2.24) is 10.3 Å². The van der Waals surface area contributed by atoms with E-state index in [-0.39, 0.29) is 18.2 Å². The van der Waals surface area contributed by atoms with E-state index in [1.165, 1.54) is 6.20 Å². The second-order valence-corrected chi connectivity index (χ2v) is 6.18. The van der Waals surface area contributed by atoms with E-state index in [0.717, 1.165) is 37.3 Å². The van der Waals surface area contributed by atoms with Gasteiger partial charge in [-0.25, -0.2) is 14.6 Å². The molecular weight excluding hydrogens is 334 g/mol. The molecule has 26 heavy (non-hydrogen) atoms. The molecule has 136 valence electrons. The molecule has 3 rings (SSSR count). The van der Waals surface area contributed by atoms with Crippen molar-refractivity contribution >= 4 is 17.9 Å². The molecule has 1 aliphatic heterocycles. The Hall–Kier alpha value is -3.09. The Kier molecular flexibility index (Phi) is 5.68. The van der Waals surface area contributed by atoms with E-state index < -0.39 is 12.1 Å². The fourth-order valence-corrected chi connectivity index (χ4v) is 2.88. The number of ether oxygens (including phenoxy) is 1. The highest BCUT2D eigenvalue weighted by atomic mass is 16.5. The number of carbonyl (C=O) groups excluding carboxylic acids is 1. The molecule has 1 amide bonds. The van der Waals surface area contributed by atoms with Crippen LogP contribution in [-0.2, 0) is 11.3 Å². The van der Waals surface area contributed by atoms with Crippen LogP contribution < -0.4 is 10.2 Å². The van der Waals surface area contributed by atoms with E-state index in [1.807, 2.05) is 30.3 Å². The van der Waals surface area contributed by atoms with Gasteiger partial charge in [-0.1, -0.05) is 30.3 Å². The number of amides is 1. The van der Waals surface area contributed by atoms with Crippen LogP contribution >= 0.6 is 0 Å². The molecule has 1 aromatic heterocycles. The van der Waals surface area contributed by atoms with Crippen molar-refractivity contribution < 1.29 is 19.4 Å². The lowest BCUT2D eigenvalue weighted by molar-refractivity contribution is 0.0696. The standard InChI is InChI=1S/C19H21N3O4/c23-18(24)15-6-7-17(20-12-15)22-10-8-16(9-11-22)21-19(25)26-13-14-4-2-1-3-5-14/h1-7,12,16H,8-11,13H2,(H,21,25)(H,23,24). The molecule has 7 heteroatoms. The van der Waals surface area contributed by atoms with Crippen LogP contribution in [0.15, 0.2) is 48.7 Å². The number of piperidine rings is 1. The molecule has 0 spiro atoms. The summed E-state index contributed by atoms with van der Waals surface area (Å²) in [6.45, 7) is 1.73. The number of pyridine rings is 1. The lowest BCUT2D eigenvalue weighted by atomic mass is 10.1. The van der Waals surface area contributed by atoms with E-state index in [2.05, 4.69) is 15.2 Å². The summed E-state index contributed by atoms with van der Waals surface area (Å²) in [5.74, 6) is -0.235. The molecular formula is C19H21N3O4. The molecule has 2 heterocycles. The number of nitrogens with one attached hydrogen (secondary N) is 1. The number of carboxylic acid groups (broad SMARTS) is 1. The first-order chi connectivity index (χ1) is 12.6. The molecule has 0 unspecified atom stereocenters. The number of rotatable bonds is 5. The number of carboxylic acids is 1. The lowest BCUT2D eigenvalue weighted by Crippen LogP contribution is -2.45. The summed E-state index contributed by atoms with van der Waals surface area (Å²) in [6.07, 6.45) is 2.52. The van der Waals surface area contributed by atoms with Crippen LogP contribution in [0.1, 0.15) is 28.8 Å². The SMILES string of the molecule is O=C(NC1CCN(c2ccc(C(=O)O)cn2)CC1)OCc1ccccc1. The Morgan fingerprint density at radius 3 is 2.50 bits per heavy atom. The van der Waals surface area contributed by atoms with Crippen molar-refractivity contribution in [2.75, 3.05) is 18.0 Å². The number of anilines is 1. The molecule has 0 radical (unpaired) electrons. The summed E-state index contributed by atoms with van der Waals surface area (Å²) >= 11 is 0. The maximum absolute atomic E-state index is 11.9. The zero-order chi connectivity index (χ0) is 18.4. The molecule has 0 aliphatic carbocycles. The lowest BCUT2D eigenvalue weighted by Gasteiger charge is -2.32. The van der Waals surface area contributed by atoms with Crippen molar-refractivity contribution in [2.24, 2.45) is 0 Å². The topological polar surface area (TPSA) is 91.8 Å². The van der Waals surface area contributed by atoms with E-state index in [4.69, 9.17) is 9.84 Å². The molecule has 0 saturated carbocycles. The Morgan fingerprint density at radius 1 is 1.15 bits per heavy atom. The van der Waals surface area contributed by atoms with Crippen molar-refractivity contribution in [3.8, 4) is 0 Å². The quantitative estimate of drug-likeness (QED) is 0.857. The summed E-state index contributed by atoms with van der Waals surface area (Å²) < 4.78 is 5.25. The number of benzene rings is 1. The van der Waals surface area contributed by atoms with Gasteiger partial charge in [0.15, 0.2) is 0 Å².